The van der Waals surface area contributed by atoms with Crippen LogP contribution in [0, 0.1) is 6.92 Å². The molecule has 0 aliphatic heterocycles. The highest BCUT2D eigenvalue weighted by Gasteiger charge is 2.19. The molecule has 126 valence electrons. The van der Waals surface area contributed by atoms with Crippen molar-refractivity contribution in [3.8, 4) is 0 Å². The molecule has 0 atom stereocenters. The van der Waals surface area contributed by atoms with Gasteiger partial charge in [0.15, 0.2) is 5.78 Å². The predicted molar refractivity (Wildman–Crippen MR) is 103 cm³/mol. The predicted octanol–water partition coefficient (Wildman–Crippen LogP) is 5.85. The highest BCUT2D eigenvalue weighted by Crippen LogP contribution is 2.32. The van der Waals surface area contributed by atoms with E-state index in [0.29, 0.717) is 25.5 Å². The summed E-state index contributed by atoms with van der Waals surface area (Å²) in [6.45, 7) is 1.89. The number of hydrogen-bond donors (Lipinski definition) is 1. The molecule has 25 heavy (non-hydrogen) atoms. The summed E-state index contributed by atoms with van der Waals surface area (Å²) >= 11 is 13.1. The van der Waals surface area contributed by atoms with Crippen LogP contribution in [0.4, 0.5) is 5.69 Å². The van der Waals surface area contributed by atoms with E-state index in [1.165, 1.54) is 6.07 Å². The molecule has 0 fully saturated rings. The van der Waals surface area contributed by atoms with Crippen molar-refractivity contribution in [3.05, 3.63) is 85.5 Å². The van der Waals surface area contributed by atoms with Gasteiger partial charge in [0.1, 0.15) is 4.34 Å². The van der Waals surface area contributed by atoms with Crippen LogP contribution in [0.3, 0.4) is 0 Å². The molecule has 3 rings (SSSR count). The van der Waals surface area contributed by atoms with Gasteiger partial charge in [0.05, 0.1) is 15.6 Å². The Morgan fingerprint density at radius 1 is 0.960 bits per heavy atom. The summed E-state index contributed by atoms with van der Waals surface area (Å²) in [5.74, 6) is -0.562. The molecule has 6 heteroatoms. The Labute approximate surface area is 159 Å². The lowest BCUT2D eigenvalue weighted by Gasteiger charge is -2.11. The molecule has 1 N–H and O–H groups in total. The molecule has 1 aromatic heterocycles. The van der Waals surface area contributed by atoms with Crippen molar-refractivity contribution < 1.29 is 9.59 Å². The second-order valence-electron chi connectivity index (χ2n) is 5.44. The maximum Gasteiger partial charge on any atom is 0.258 e. The third-order valence-corrected chi connectivity index (χ3v) is 5.09. The van der Waals surface area contributed by atoms with Crippen LogP contribution < -0.4 is 5.32 Å². The van der Waals surface area contributed by atoms with E-state index in [9.17, 15) is 9.59 Å². The second-order valence-corrected chi connectivity index (χ2v) is 7.72. The lowest BCUT2D eigenvalue weighted by molar-refractivity contribution is 0.102. The van der Waals surface area contributed by atoms with Crippen molar-refractivity contribution in [2.45, 2.75) is 6.92 Å². The first-order chi connectivity index (χ1) is 12.0. The van der Waals surface area contributed by atoms with Gasteiger partial charge in [-0.1, -0.05) is 65.2 Å². The SMILES string of the molecule is Cc1ccc(NC(=O)c2cc(Cl)sc2Cl)c(C(=O)c2ccccc2)c1. The number of aryl methyl sites for hydroxylation is 1. The molecule has 0 radical (unpaired) electrons. The Bertz CT molecular complexity index is 951. The van der Waals surface area contributed by atoms with Crippen molar-refractivity contribution in [3.63, 3.8) is 0 Å². The van der Waals surface area contributed by atoms with Crippen molar-refractivity contribution >= 4 is 51.9 Å². The second kappa shape index (κ2) is 7.40. The number of rotatable bonds is 4. The number of ketones is 1. The van der Waals surface area contributed by atoms with Crippen LogP contribution in [-0.4, -0.2) is 11.7 Å². The number of anilines is 1. The molecule has 1 heterocycles. The molecule has 0 spiro atoms. The average molecular weight is 390 g/mol. The summed E-state index contributed by atoms with van der Waals surface area (Å²) in [7, 11) is 0. The van der Waals surface area contributed by atoms with Crippen molar-refractivity contribution in [1.29, 1.82) is 0 Å². The summed E-state index contributed by atoms with van der Waals surface area (Å²) in [6, 6.07) is 15.7. The standard InChI is InChI=1S/C19H13Cl2NO2S/c1-11-7-8-15(22-19(24)14-10-16(20)25-18(14)21)13(9-11)17(23)12-5-3-2-4-6-12/h2-10H,1H3,(H,22,24). The van der Waals surface area contributed by atoms with E-state index in [2.05, 4.69) is 5.32 Å². The summed E-state index contributed by atoms with van der Waals surface area (Å²) < 4.78 is 0.741. The maximum atomic E-state index is 12.8. The molecular formula is C19H13Cl2NO2S. The molecule has 3 aromatic rings. The van der Waals surface area contributed by atoms with Crippen molar-refractivity contribution in [2.24, 2.45) is 0 Å². The van der Waals surface area contributed by atoms with Crippen LogP contribution in [0.5, 0.6) is 0 Å². The number of carbonyl (C=O) groups is 2. The van der Waals surface area contributed by atoms with Crippen LogP contribution in [0.15, 0.2) is 54.6 Å². The molecule has 0 saturated heterocycles. The van der Waals surface area contributed by atoms with E-state index >= 15 is 0 Å². The van der Waals surface area contributed by atoms with Gasteiger partial charge in [-0.2, -0.15) is 0 Å². The molecule has 0 saturated carbocycles. The number of thiophene rings is 1. The smallest absolute Gasteiger partial charge is 0.258 e. The van der Waals surface area contributed by atoms with Gasteiger partial charge >= 0.3 is 0 Å². The lowest BCUT2D eigenvalue weighted by Crippen LogP contribution is -2.15. The fourth-order valence-electron chi connectivity index (χ4n) is 2.38. The number of nitrogens with one attached hydrogen (secondary N) is 1. The van der Waals surface area contributed by atoms with Crippen LogP contribution >= 0.6 is 34.5 Å². The van der Waals surface area contributed by atoms with Crippen LogP contribution in [0.25, 0.3) is 0 Å². The fraction of sp³-hybridized carbons (Fsp3) is 0.0526. The zero-order valence-electron chi connectivity index (χ0n) is 13.2. The summed E-state index contributed by atoms with van der Waals surface area (Å²) in [4.78, 5) is 25.3. The Kier molecular flexibility index (Phi) is 5.23. The maximum absolute atomic E-state index is 12.8. The first-order valence-electron chi connectivity index (χ1n) is 7.42. The van der Waals surface area contributed by atoms with Gasteiger partial charge < -0.3 is 5.32 Å². The van der Waals surface area contributed by atoms with Crippen LogP contribution in [-0.2, 0) is 0 Å². The first kappa shape index (κ1) is 17.7. The Hall–Kier alpha value is -2.14. The van der Waals surface area contributed by atoms with Gasteiger partial charge in [-0.3, -0.25) is 9.59 Å². The lowest BCUT2D eigenvalue weighted by atomic mass is 9.99. The topological polar surface area (TPSA) is 46.2 Å². The molecule has 0 aliphatic carbocycles. The Morgan fingerprint density at radius 3 is 2.32 bits per heavy atom. The number of benzene rings is 2. The molecule has 3 nitrogen and oxygen atoms in total. The monoisotopic (exact) mass is 389 g/mol. The number of carbonyl (C=O) groups excluding carboxylic acids is 2. The van der Waals surface area contributed by atoms with Crippen molar-refractivity contribution in [2.75, 3.05) is 5.32 Å². The molecule has 0 aliphatic rings. The largest absolute Gasteiger partial charge is 0.321 e. The van der Waals surface area contributed by atoms with Gasteiger partial charge in [0, 0.05) is 11.1 Å². The fourth-order valence-corrected chi connectivity index (χ4v) is 3.84. The van der Waals surface area contributed by atoms with E-state index in [4.69, 9.17) is 23.2 Å². The quantitative estimate of drug-likeness (QED) is 0.569. The number of halogens is 2. The molecule has 1 amide bonds. The van der Waals surface area contributed by atoms with E-state index in [0.717, 1.165) is 16.9 Å². The minimum atomic E-state index is -0.404. The third kappa shape index (κ3) is 3.93. The number of amides is 1. The summed E-state index contributed by atoms with van der Waals surface area (Å²) in [5.41, 5.74) is 2.63. The average Bonchev–Trinajstić information content (AvgIpc) is 2.95. The molecule has 0 bridgehead atoms. The van der Waals surface area contributed by atoms with E-state index < -0.39 is 5.91 Å². The van der Waals surface area contributed by atoms with Crippen molar-refractivity contribution in [1.82, 2.24) is 0 Å². The zero-order chi connectivity index (χ0) is 18.0. The van der Waals surface area contributed by atoms with Crippen LogP contribution in [0.1, 0.15) is 31.8 Å². The van der Waals surface area contributed by atoms with Crippen LogP contribution in [0.2, 0.25) is 8.67 Å². The first-order valence-corrected chi connectivity index (χ1v) is 8.99. The van der Waals surface area contributed by atoms with Gasteiger partial charge in [-0.05, 0) is 25.1 Å². The van der Waals surface area contributed by atoms with E-state index in [1.807, 2.05) is 19.1 Å². The summed E-state index contributed by atoms with van der Waals surface area (Å²) in [5, 5.41) is 2.76. The van der Waals surface area contributed by atoms with Gasteiger partial charge in [0.2, 0.25) is 0 Å². The molecular weight excluding hydrogens is 377 g/mol. The zero-order valence-corrected chi connectivity index (χ0v) is 15.5. The van der Waals surface area contributed by atoms with Gasteiger partial charge in [-0.15, -0.1) is 11.3 Å². The summed E-state index contributed by atoms with van der Waals surface area (Å²) in [6.07, 6.45) is 0. The molecule has 0 unspecified atom stereocenters. The Morgan fingerprint density at radius 2 is 1.68 bits per heavy atom. The minimum Gasteiger partial charge on any atom is -0.321 e. The highest BCUT2D eigenvalue weighted by atomic mass is 35.5. The van der Waals surface area contributed by atoms with E-state index in [1.54, 1.807) is 36.4 Å². The van der Waals surface area contributed by atoms with Gasteiger partial charge in [-0.25, -0.2) is 0 Å². The van der Waals surface area contributed by atoms with E-state index in [-0.39, 0.29) is 11.3 Å². The molecule has 2 aromatic carbocycles. The Balaban J connectivity index is 1.96. The van der Waals surface area contributed by atoms with Gasteiger partial charge in [0.25, 0.3) is 5.91 Å². The minimum absolute atomic E-state index is 0.158. The normalized spacial score (nSPS) is 10.5. The third-order valence-electron chi connectivity index (χ3n) is 3.61. The number of hydrogen-bond acceptors (Lipinski definition) is 3. The highest BCUT2D eigenvalue weighted by molar-refractivity contribution is 7.20.